The molecule has 1 aliphatic rings. The Balaban J connectivity index is 1.58. The van der Waals surface area contributed by atoms with Gasteiger partial charge in [0.1, 0.15) is 0 Å². The molecule has 22 heavy (non-hydrogen) atoms. The fourth-order valence-electron chi connectivity index (χ4n) is 2.16. The Bertz CT molecular complexity index is 642. The van der Waals surface area contributed by atoms with E-state index in [9.17, 15) is 9.90 Å². The molecule has 6 nitrogen and oxygen atoms in total. The van der Waals surface area contributed by atoms with Gasteiger partial charge in [0.2, 0.25) is 5.13 Å². The lowest BCUT2D eigenvalue weighted by Crippen LogP contribution is -2.37. The summed E-state index contributed by atoms with van der Waals surface area (Å²) in [4.78, 5) is 17.9. The van der Waals surface area contributed by atoms with Gasteiger partial charge < -0.3 is 10.0 Å². The van der Waals surface area contributed by atoms with Crippen LogP contribution in [0.1, 0.15) is 12.8 Å². The van der Waals surface area contributed by atoms with Crippen molar-refractivity contribution in [3.63, 3.8) is 0 Å². The second kappa shape index (κ2) is 6.41. The number of anilines is 1. The van der Waals surface area contributed by atoms with Gasteiger partial charge in [-0.2, -0.15) is 9.36 Å². The van der Waals surface area contributed by atoms with E-state index in [1.807, 2.05) is 30.3 Å². The summed E-state index contributed by atoms with van der Waals surface area (Å²) in [7, 11) is 1.67. The molecule has 1 aromatic heterocycles. The number of aromatic nitrogens is 2. The molecule has 0 radical (unpaired) electrons. The zero-order valence-corrected chi connectivity index (χ0v) is 13.1. The number of likely N-dealkylation sites (N-methyl/N-ethyl adjacent to an activating group) is 1. The van der Waals surface area contributed by atoms with Crippen molar-refractivity contribution >= 4 is 22.7 Å². The second-order valence-electron chi connectivity index (χ2n) is 5.50. The maximum Gasteiger partial charge on any atom is 0.323 e. The molecule has 1 heterocycles. The molecule has 2 N–H and O–H groups in total. The van der Waals surface area contributed by atoms with Gasteiger partial charge in [0.15, 0.2) is 5.82 Å². The van der Waals surface area contributed by atoms with E-state index in [1.54, 1.807) is 7.05 Å². The maximum absolute atomic E-state index is 12.1. The quantitative estimate of drug-likeness (QED) is 0.887. The highest BCUT2D eigenvalue weighted by Gasteiger charge is 2.31. The van der Waals surface area contributed by atoms with Gasteiger partial charge in [-0.15, -0.1) is 0 Å². The predicted molar refractivity (Wildman–Crippen MR) is 85.7 cm³/mol. The highest BCUT2D eigenvalue weighted by atomic mass is 32.1. The molecule has 0 aliphatic heterocycles. The smallest absolute Gasteiger partial charge is 0.323 e. The third-order valence-electron chi connectivity index (χ3n) is 3.65. The fraction of sp³-hybridized carbons (Fsp3) is 0.400. The Morgan fingerprint density at radius 3 is 2.86 bits per heavy atom. The van der Waals surface area contributed by atoms with E-state index >= 15 is 0 Å². The van der Waals surface area contributed by atoms with Crippen molar-refractivity contribution in [3.05, 3.63) is 30.3 Å². The lowest BCUT2D eigenvalue weighted by molar-refractivity contribution is 0.117. The van der Waals surface area contributed by atoms with Crippen LogP contribution < -0.4 is 5.32 Å². The van der Waals surface area contributed by atoms with Gasteiger partial charge in [-0.3, -0.25) is 5.32 Å². The Hall–Kier alpha value is -1.99. The first-order valence-corrected chi connectivity index (χ1v) is 8.00. The van der Waals surface area contributed by atoms with Crippen LogP contribution in [0.5, 0.6) is 0 Å². The lowest BCUT2D eigenvalue weighted by Gasteiger charge is -2.20. The molecule has 0 spiro atoms. The number of carbonyl (C=O) groups is 1. The van der Waals surface area contributed by atoms with Crippen LogP contribution in [0, 0.1) is 5.92 Å². The Morgan fingerprint density at radius 2 is 2.18 bits per heavy atom. The van der Waals surface area contributed by atoms with Crippen LogP contribution in [0.15, 0.2) is 30.3 Å². The number of nitrogens with one attached hydrogen (secondary N) is 1. The number of benzene rings is 1. The summed E-state index contributed by atoms with van der Waals surface area (Å²) >= 11 is 1.15. The Kier molecular flexibility index (Phi) is 4.35. The van der Waals surface area contributed by atoms with Gasteiger partial charge in [-0.05, 0) is 18.8 Å². The molecule has 1 aliphatic carbocycles. The number of hydrogen-bond donors (Lipinski definition) is 2. The minimum absolute atomic E-state index is 0.282. The summed E-state index contributed by atoms with van der Waals surface area (Å²) in [6.07, 6.45) is 1.66. The highest BCUT2D eigenvalue weighted by Crippen LogP contribution is 2.32. The van der Waals surface area contributed by atoms with Gasteiger partial charge >= 0.3 is 6.03 Å². The van der Waals surface area contributed by atoms with Crippen LogP contribution >= 0.6 is 11.5 Å². The minimum Gasteiger partial charge on any atom is -0.391 e. The zero-order valence-electron chi connectivity index (χ0n) is 12.3. The molecule has 1 saturated carbocycles. The van der Waals surface area contributed by atoms with E-state index in [4.69, 9.17) is 0 Å². The van der Waals surface area contributed by atoms with Crippen molar-refractivity contribution in [2.24, 2.45) is 5.92 Å². The number of aliphatic hydroxyl groups is 1. The largest absolute Gasteiger partial charge is 0.391 e. The van der Waals surface area contributed by atoms with E-state index in [2.05, 4.69) is 14.7 Å². The molecular weight excluding hydrogens is 300 g/mol. The zero-order chi connectivity index (χ0) is 15.5. The predicted octanol–water partition coefficient (Wildman–Crippen LogP) is 2.44. The molecule has 116 valence electrons. The number of aliphatic hydroxyl groups excluding tert-OH is 1. The van der Waals surface area contributed by atoms with Crippen LogP contribution in [0.25, 0.3) is 11.4 Å². The second-order valence-corrected chi connectivity index (χ2v) is 6.26. The van der Waals surface area contributed by atoms with Crippen molar-refractivity contribution in [1.29, 1.82) is 0 Å². The Morgan fingerprint density at radius 1 is 1.45 bits per heavy atom. The maximum atomic E-state index is 12.1. The number of amides is 2. The van der Waals surface area contributed by atoms with Crippen molar-refractivity contribution in [1.82, 2.24) is 14.3 Å². The van der Waals surface area contributed by atoms with Crippen LogP contribution in [-0.2, 0) is 0 Å². The van der Waals surface area contributed by atoms with Gasteiger partial charge in [-0.1, -0.05) is 30.3 Å². The summed E-state index contributed by atoms with van der Waals surface area (Å²) < 4.78 is 4.25. The van der Waals surface area contributed by atoms with Crippen molar-refractivity contribution in [3.8, 4) is 11.4 Å². The van der Waals surface area contributed by atoms with Gasteiger partial charge in [-0.25, -0.2) is 4.79 Å². The molecule has 2 amide bonds. The number of nitrogens with zero attached hydrogens (tertiary/aromatic N) is 3. The van der Waals surface area contributed by atoms with Gasteiger partial charge in [0.05, 0.1) is 6.10 Å². The van der Waals surface area contributed by atoms with E-state index in [0.717, 1.165) is 29.9 Å². The fourth-order valence-corrected chi connectivity index (χ4v) is 2.74. The minimum atomic E-state index is -0.440. The van der Waals surface area contributed by atoms with Crippen LogP contribution in [0.2, 0.25) is 0 Å². The third kappa shape index (κ3) is 3.61. The SMILES string of the molecule is CN(CC(O)C1CC1)C(=O)Nc1nc(-c2ccccc2)ns1. The molecule has 1 aromatic carbocycles. The van der Waals surface area contributed by atoms with Crippen molar-refractivity contribution < 1.29 is 9.90 Å². The summed E-state index contributed by atoms with van der Waals surface area (Å²) in [6, 6.07) is 9.33. The van der Waals surface area contributed by atoms with E-state index < -0.39 is 6.10 Å². The van der Waals surface area contributed by atoms with Crippen molar-refractivity contribution in [2.45, 2.75) is 18.9 Å². The number of urea groups is 1. The molecule has 1 fully saturated rings. The summed E-state index contributed by atoms with van der Waals surface area (Å²) in [5.41, 5.74) is 0.914. The molecule has 0 saturated heterocycles. The molecule has 2 aromatic rings. The molecule has 1 atom stereocenters. The standard InChI is InChI=1S/C15H18N4O2S/c1-19(9-12(20)10-7-8-10)15(21)17-14-16-13(18-22-14)11-5-3-2-4-6-11/h2-6,10,12,20H,7-9H2,1H3,(H,16,17,18,21). The first kappa shape index (κ1) is 14.9. The number of carbonyl (C=O) groups excluding carboxylic acids is 1. The van der Waals surface area contributed by atoms with E-state index in [-0.39, 0.29) is 6.03 Å². The van der Waals surface area contributed by atoms with E-state index in [0.29, 0.717) is 23.4 Å². The van der Waals surface area contributed by atoms with E-state index in [1.165, 1.54) is 4.90 Å². The molecule has 7 heteroatoms. The summed E-state index contributed by atoms with van der Waals surface area (Å²) in [5.74, 6) is 0.947. The van der Waals surface area contributed by atoms with Crippen molar-refractivity contribution in [2.75, 3.05) is 18.9 Å². The summed E-state index contributed by atoms with van der Waals surface area (Å²) in [5, 5.41) is 13.1. The number of hydrogen-bond acceptors (Lipinski definition) is 5. The van der Waals surface area contributed by atoms with Crippen LogP contribution in [0.4, 0.5) is 9.93 Å². The summed E-state index contributed by atoms with van der Waals surface area (Å²) in [6.45, 7) is 0.334. The number of rotatable bonds is 5. The molecule has 3 rings (SSSR count). The normalized spacial score (nSPS) is 15.4. The van der Waals surface area contributed by atoms with Crippen LogP contribution in [-0.4, -0.2) is 45.1 Å². The monoisotopic (exact) mass is 318 g/mol. The molecule has 0 bridgehead atoms. The first-order chi connectivity index (χ1) is 10.6. The average molecular weight is 318 g/mol. The molecule has 1 unspecified atom stereocenters. The topological polar surface area (TPSA) is 78.4 Å². The highest BCUT2D eigenvalue weighted by molar-refractivity contribution is 7.10. The lowest BCUT2D eigenvalue weighted by atomic mass is 10.2. The third-order valence-corrected chi connectivity index (χ3v) is 4.28. The van der Waals surface area contributed by atoms with Gasteiger partial charge in [0.25, 0.3) is 0 Å². The first-order valence-electron chi connectivity index (χ1n) is 7.23. The van der Waals surface area contributed by atoms with Gasteiger partial charge in [0, 0.05) is 30.7 Å². The molecular formula is C15H18N4O2S. The Labute approximate surface area is 133 Å². The average Bonchev–Trinajstić information content (AvgIpc) is 3.28. The van der Waals surface area contributed by atoms with Crippen LogP contribution in [0.3, 0.4) is 0 Å².